The summed E-state index contributed by atoms with van der Waals surface area (Å²) in [7, 11) is -3.91. The van der Waals surface area contributed by atoms with Gasteiger partial charge in [-0.1, -0.05) is 6.07 Å². The van der Waals surface area contributed by atoms with Crippen LogP contribution in [-0.4, -0.2) is 20.9 Å². The molecule has 0 atom stereocenters. The molecule has 0 fully saturated rings. The lowest BCUT2D eigenvalue weighted by Gasteiger charge is -2.11. The molecule has 33 heavy (non-hydrogen) atoms. The topological polar surface area (TPSA) is 115 Å². The Morgan fingerprint density at radius 2 is 1.70 bits per heavy atom. The molecular formula is C24H20N2O6S. The van der Waals surface area contributed by atoms with Gasteiger partial charge in [-0.05, 0) is 73.7 Å². The number of ether oxygens (including phenoxy) is 1. The summed E-state index contributed by atoms with van der Waals surface area (Å²) in [5.74, 6) is 0.153. The average Bonchev–Trinajstić information content (AvgIpc) is 2.80. The number of benzene rings is 3. The number of carbonyl (C=O) groups excluding carboxylic acids is 1. The summed E-state index contributed by atoms with van der Waals surface area (Å²) in [5.41, 5.74) is 0.951. The molecule has 0 unspecified atom stereocenters. The van der Waals surface area contributed by atoms with E-state index in [0.717, 1.165) is 0 Å². The van der Waals surface area contributed by atoms with Gasteiger partial charge in [-0.3, -0.25) is 9.52 Å². The fraction of sp³-hybridized carbons (Fsp3) is 0.0833. The van der Waals surface area contributed by atoms with Crippen molar-refractivity contribution in [2.75, 3.05) is 16.6 Å². The van der Waals surface area contributed by atoms with E-state index in [0.29, 0.717) is 34.7 Å². The Bertz CT molecular complexity index is 1480. The van der Waals surface area contributed by atoms with Gasteiger partial charge in [0.25, 0.3) is 15.9 Å². The minimum atomic E-state index is -3.91. The van der Waals surface area contributed by atoms with E-state index in [1.807, 2.05) is 6.92 Å². The van der Waals surface area contributed by atoms with Crippen molar-refractivity contribution in [1.29, 1.82) is 0 Å². The molecular weight excluding hydrogens is 444 g/mol. The Kier molecular flexibility index (Phi) is 6.14. The smallest absolute Gasteiger partial charge is 0.336 e. The number of amides is 1. The van der Waals surface area contributed by atoms with E-state index >= 15 is 0 Å². The second-order valence-corrected chi connectivity index (χ2v) is 8.73. The summed E-state index contributed by atoms with van der Waals surface area (Å²) in [5, 5.41) is 3.37. The molecule has 0 bridgehead atoms. The largest absolute Gasteiger partial charge is 0.494 e. The maximum atomic E-state index is 12.8. The number of rotatable bonds is 7. The van der Waals surface area contributed by atoms with Crippen LogP contribution in [0.1, 0.15) is 17.3 Å². The van der Waals surface area contributed by atoms with Gasteiger partial charge in [0, 0.05) is 28.4 Å². The molecule has 0 saturated heterocycles. The van der Waals surface area contributed by atoms with Gasteiger partial charge in [-0.15, -0.1) is 0 Å². The van der Waals surface area contributed by atoms with Crippen LogP contribution in [0, 0.1) is 0 Å². The van der Waals surface area contributed by atoms with Gasteiger partial charge in [-0.25, -0.2) is 13.2 Å². The van der Waals surface area contributed by atoms with Gasteiger partial charge < -0.3 is 14.5 Å². The first-order valence-electron chi connectivity index (χ1n) is 10.0. The Morgan fingerprint density at radius 1 is 0.939 bits per heavy atom. The van der Waals surface area contributed by atoms with Crippen LogP contribution >= 0.6 is 0 Å². The number of hydrogen-bond acceptors (Lipinski definition) is 6. The maximum absolute atomic E-state index is 12.8. The van der Waals surface area contributed by atoms with Crippen molar-refractivity contribution in [3.05, 3.63) is 94.8 Å². The highest BCUT2D eigenvalue weighted by atomic mass is 32.2. The highest BCUT2D eigenvalue weighted by molar-refractivity contribution is 7.92. The molecule has 9 heteroatoms. The Labute approximate surface area is 189 Å². The van der Waals surface area contributed by atoms with Crippen LogP contribution in [0.4, 0.5) is 11.4 Å². The number of hydrogen-bond donors (Lipinski definition) is 2. The Morgan fingerprint density at radius 3 is 2.45 bits per heavy atom. The van der Waals surface area contributed by atoms with Gasteiger partial charge in [0.15, 0.2) is 0 Å². The standard InChI is InChI=1S/C24H20N2O6S/c1-2-31-20-10-7-18(8-11-20)26-33(29,30)21-5-3-4-17(15-21)24(28)25-19-9-12-22-16(14-19)6-13-23(27)32-22/h3-15,26H,2H2,1H3,(H,25,28). The summed E-state index contributed by atoms with van der Waals surface area (Å²) in [6.07, 6.45) is 0. The molecule has 168 valence electrons. The van der Waals surface area contributed by atoms with Crippen molar-refractivity contribution >= 4 is 38.3 Å². The molecule has 8 nitrogen and oxygen atoms in total. The minimum Gasteiger partial charge on any atom is -0.494 e. The first-order valence-corrected chi connectivity index (χ1v) is 11.5. The molecule has 3 aromatic carbocycles. The zero-order chi connectivity index (χ0) is 23.4. The first kappa shape index (κ1) is 22.1. The molecule has 1 amide bonds. The number of nitrogens with one attached hydrogen (secondary N) is 2. The molecule has 0 spiro atoms. The molecule has 2 N–H and O–H groups in total. The van der Waals surface area contributed by atoms with E-state index in [9.17, 15) is 18.0 Å². The summed E-state index contributed by atoms with van der Waals surface area (Å²) >= 11 is 0. The van der Waals surface area contributed by atoms with Crippen molar-refractivity contribution in [3.63, 3.8) is 0 Å². The average molecular weight is 464 g/mol. The van der Waals surface area contributed by atoms with Crippen LogP contribution in [0.5, 0.6) is 5.75 Å². The lowest BCUT2D eigenvalue weighted by atomic mass is 10.2. The quantitative estimate of drug-likeness (QED) is 0.395. The predicted molar refractivity (Wildman–Crippen MR) is 125 cm³/mol. The van der Waals surface area contributed by atoms with E-state index in [1.165, 1.54) is 30.3 Å². The minimum absolute atomic E-state index is 0.0516. The van der Waals surface area contributed by atoms with Crippen molar-refractivity contribution in [2.24, 2.45) is 0 Å². The Balaban J connectivity index is 1.52. The number of fused-ring (bicyclic) bond motifs is 1. The highest BCUT2D eigenvalue weighted by Crippen LogP contribution is 2.22. The van der Waals surface area contributed by atoms with Crippen LogP contribution in [0.2, 0.25) is 0 Å². The summed E-state index contributed by atoms with van der Waals surface area (Å²) < 4.78 is 38.5. The molecule has 1 aromatic heterocycles. The van der Waals surface area contributed by atoms with Crippen LogP contribution < -0.4 is 20.4 Å². The van der Waals surface area contributed by atoms with Crippen LogP contribution in [0.15, 0.2) is 93.0 Å². The van der Waals surface area contributed by atoms with Gasteiger partial charge in [-0.2, -0.15) is 0 Å². The highest BCUT2D eigenvalue weighted by Gasteiger charge is 2.17. The summed E-state index contributed by atoms with van der Waals surface area (Å²) in [6, 6.07) is 20.0. The molecule has 0 radical (unpaired) electrons. The summed E-state index contributed by atoms with van der Waals surface area (Å²) in [6.45, 7) is 2.37. The van der Waals surface area contributed by atoms with E-state index in [1.54, 1.807) is 48.5 Å². The molecule has 0 saturated carbocycles. The van der Waals surface area contributed by atoms with E-state index in [2.05, 4.69) is 10.0 Å². The molecule has 0 aliphatic heterocycles. The molecule has 0 aliphatic carbocycles. The van der Waals surface area contributed by atoms with Gasteiger partial charge in [0.2, 0.25) is 0 Å². The lowest BCUT2D eigenvalue weighted by molar-refractivity contribution is 0.102. The van der Waals surface area contributed by atoms with Gasteiger partial charge in [0.05, 0.1) is 11.5 Å². The third kappa shape index (κ3) is 5.21. The molecule has 4 aromatic rings. The monoisotopic (exact) mass is 464 g/mol. The zero-order valence-corrected chi connectivity index (χ0v) is 18.4. The SMILES string of the molecule is CCOc1ccc(NS(=O)(=O)c2cccc(C(=O)Nc3ccc4oc(=O)ccc4c3)c2)cc1. The third-order valence-corrected chi connectivity index (χ3v) is 6.08. The second-order valence-electron chi connectivity index (χ2n) is 7.05. The van der Waals surface area contributed by atoms with Crippen LogP contribution in [0.25, 0.3) is 11.0 Å². The maximum Gasteiger partial charge on any atom is 0.336 e. The first-order chi connectivity index (χ1) is 15.8. The lowest BCUT2D eigenvalue weighted by Crippen LogP contribution is -2.16. The van der Waals surface area contributed by atoms with Crippen molar-refractivity contribution < 1.29 is 22.4 Å². The van der Waals surface area contributed by atoms with Crippen LogP contribution in [0.3, 0.4) is 0 Å². The van der Waals surface area contributed by atoms with Crippen molar-refractivity contribution in [1.82, 2.24) is 0 Å². The Hall–Kier alpha value is -4.11. The number of carbonyl (C=O) groups is 1. The van der Waals surface area contributed by atoms with Gasteiger partial charge >= 0.3 is 5.63 Å². The van der Waals surface area contributed by atoms with E-state index in [-0.39, 0.29) is 10.5 Å². The normalized spacial score (nSPS) is 11.2. The zero-order valence-electron chi connectivity index (χ0n) is 17.6. The van der Waals surface area contributed by atoms with Crippen LogP contribution in [-0.2, 0) is 10.0 Å². The fourth-order valence-corrected chi connectivity index (χ4v) is 4.26. The number of anilines is 2. The van der Waals surface area contributed by atoms with E-state index in [4.69, 9.17) is 9.15 Å². The van der Waals surface area contributed by atoms with Gasteiger partial charge in [0.1, 0.15) is 11.3 Å². The second kappa shape index (κ2) is 9.17. The van der Waals surface area contributed by atoms with Crippen molar-refractivity contribution in [3.8, 4) is 5.75 Å². The van der Waals surface area contributed by atoms with E-state index < -0.39 is 21.6 Å². The predicted octanol–water partition coefficient (Wildman–Crippen LogP) is 4.24. The fourth-order valence-electron chi connectivity index (χ4n) is 3.16. The molecule has 1 heterocycles. The third-order valence-electron chi connectivity index (χ3n) is 4.70. The number of sulfonamides is 1. The molecule has 0 aliphatic rings. The molecule has 4 rings (SSSR count). The van der Waals surface area contributed by atoms with Crippen molar-refractivity contribution in [2.45, 2.75) is 11.8 Å². The summed E-state index contributed by atoms with van der Waals surface area (Å²) in [4.78, 5) is 24.0.